The number of benzene rings is 2. The number of rotatable bonds is 4. The minimum Gasteiger partial charge on any atom is -0.479 e. The number of non-ortho nitro benzene ring substituents is 1. The average molecular weight is 326 g/mol. The van der Waals surface area contributed by atoms with Gasteiger partial charge in [-0.25, -0.2) is 4.79 Å². The second kappa shape index (κ2) is 6.11. The lowest BCUT2D eigenvalue weighted by Gasteiger charge is -2.34. The zero-order valence-electron chi connectivity index (χ0n) is 12.6. The third-order valence-corrected chi connectivity index (χ3v) is 4.02. The van der Waals surface area contributed by atoms with E-state index in [1.54, 1.807) is 30.3 Å². The Morgan fingerprint density at radius 3 is 2.50 bits per heavy atom. The second-order valence-electron chi connectivity index (χ2n) is 5.49. The van der Waals surface area contributed by atoms with Gasteiger partial charge in [-0.05, 0) is 23.6 Å². The number of nitrogens with zero attached hydrogens (tertiary/aromatic N) is 2. The first-order valence-corrected chi connectivity index (χ1v) is 7.36. The van der Waals surface area contributed by atoms with Crippen molar-refractivity contribution in [2.24, 2.45) is 0 Å². The monoisotopic (exact) mass is 326 g/mol. The molecule has 1 aliphatic rings. The molecule has 1 heterocycles. The number of carboxylic acids is 1. The molecule has 122 valence electrons. The van der Waals surface area contributed by atoms with Crippen molar-refractivity contribution in [3.05, 3.63) is 69.8 Å². The first-order valence-electron chi connectivity index (χ1n) is 7.36. The molecule has 1 atom stereocenters. The molecule has 2 aromatic carbocycles. The van der Waals surface area contributed by atoms with Crippen LogP contribution < -0.4 is 4.90 Å². The number of fused-ring (bicyclic) bond motifs is 1. The van der Waals surface area contributed by atoms with Crippen molar-refractivity contribution in [1.82, 2.24) is 0 Å². The summed E-state index contributed by atoms with van der Waals surface area (Å²) >= 11 is 0. The predicted octanol–water partition coefficient (Wildman–Crippen LogP) is 2.70. The van der Waals surface area contributed by atoms with Gasteiger partial charge in [0.1, 0.15) is 0 Å². The van der Waals surface area contributed by atoms with Gasteiger partial charge in [0.2, 0.25) is 5.91 Å². The van der Waals surface area contributed by atoms with Crippen molar-refractivity contribution in [2.45, 2.75) is 18.9 Å². The number of carboxylic acid groups (broad SMARTS) is 1. The molecule has 1 aliphatic heterocycles. The van der Waals surface area contributed by atoms with Crippen LogP contribution in [-0.4, -0.2) is 21.9 Å². The van der Waals surface area contributed by atoms with Gasteiger partial charge in [0, 0.05) is 24.2 Å². The lowest BCUT2D eigenvalue weighted by Crippen LogP contribution is -2.41. The first-order chi connectivity index (χ1) is 11.5. The zero-order chi connectivity index (χ0) is 17.3. The quantitative estimate of drug-likeness (QED) is 0.687. The summed E-state index contributed by atoms with van der Waals surface area (Å²) in [4.78, 5) is 35.9. The number of aliphatic carboxylic acids is 1. The summed E-state index contributed by atoms with van der Waals surface area (Å²) in [6, 6.07) is 11.4. The highest BCUT2D eigenvalue weighted by Crippen LogP contribution is 2.36. The van der Waals surface area contributed by atoms with Crippen LogP contribution in [0.4, 0.5) is 11.4 Å². The number of anilines is 1. The molecular formula is C17H14N2O5. The maximum Gasteiger partial charge on any atom is 0.331 e. The number of hydrogen-bond donors (Lipinski definition) is 1. The fraction of sp³-hybridized carbons (Fsp3) is 0.176. The summed E-state index contributed by atoms with van der Waals surface area (Å²) in [5.41, 5.74) is 1.42. The molecule has 0 bridgehead atoms. The molecule has 3 rings (SSSR count). The topological polar surface area (TPSA) is 101 Å². The van der Waals surface area contributed by atoms with E-state index in [1.807, 2.05) is 0 Å². The highest BCUT2D eigenvalue weighted by Gasteiger charge is 2.36. The molecule has 0 saturated carbocycles. The first kappa shape index (κ1) is 15.7. The standard InChI is InChI=1S/C17H14N2O5/c20-15-9-6-12-10-13(19(23)24)7-8-14(12)18(15)16(17(21)22)11-4-2-1-3-5-11/h1-5,7-8,10,16H,6,9H2,(H,21,22). The van der Waals surface area contributed by atoms with Gasteiger partial charge < -0.3 is 5.11 Å². The zero-order valence-corrected chi connectivity index (χ0v) is 12.6. The van der Waals surface area contributed by atoms with Crippen molar-refractivity contribution in [2.75, 3.05) is 4.90 Å². The van der Waals surface area contributed by atoms with E-state index in [9.17, 15) is 24.8 Å². The Morgan fingerprint density at radius 1 is 1.17 bits per heavy atom. The Balaban J connectivity index is 2.11. The van der Waals surface area contributed by atoms with Gasteiger partial charge in [0.25, 0.3) is 5.69 Å². The Kier molecular flexibility index (Phi) is 3.99. The molecule has 1 amide bonds. The molecule has 24 heavy (non-hydrogen) atoms. The number of nitro groups is 1. The van der Waals surface area contributed by atoms with Crippen LogP contribution in [0.3, 0.4) is 0 Å². The number of amides is 1. The molecular weight excluding hydrogens is 312 g/mol. The molecule has 1 unspecified atom stereocenters. The van der Waals surface area contributed by atoms with E-state index in [0.29, 0.717) is 23.2 Å². The SMILES string of the molecule is O=C(O)C(c1ccccc1)N1C(=O)CCc2cc([N+](=O)[O-])ccc21. The van der Waals surface area contributed by atoms with Crippen LogP contribution in [0.2, 0.25) is 0 Å². The maximum absolute atomic E-state index is 12.4. The molecule has 0 spiro atoms. The van der Waals surface area contributed by atoms with E-state index in [4.69, 9.17) is 0 Å². The van der Waals surface area contributed by atoms with E-state index in [-0.39, 0.29) is 18.0 Å². The van der Waals surface area contributed by atoms with E-state index in [0.717, 1.165) is 0 Å². The van der Waals surface area contributed by atoms with E-state index in [2.05, 4.69) is 0 Å². The van der Waals surface area contributed by atoms with Gasteiger partial charge in [-0.3, -0.25) is 19.8 Å². The molecule has 7 heteroatoms. The minimum absolute atomic E-state index is 0.0744. The molecule has 0 aromatic heterocycles. The summed E-state index contributed by atoms with van der Waals surface area (Å²) in [7, 11) is 0. The number of nitro benzene ring substituents is 1. The lowest BCUT2D eigenvalue weighted by atomic mass is 9.96. The van der Waals surface area contributed by atoms with Crippen LogP contribution in [0.1, 0.15) is 23.6 Å². The van der Waals surface area contributed by atoms with Gasteiger partial charge in [-0.15, -0.1) is 0 Å². The van der Waals surface area contributed by atoms with Crippen LogP contribution in [0, 0.1) is 10.1 Å². The van der Waals surface area contributed by atoms with Crippen molar-refractivity contribution in [1.29, 1.82) is 0 Å². The van der Waals surface area contributed by atoms with Gasteiger partial charge in [0.05, 0.1) is 4.92 Å². The summed E-state index contributed by atoms with van der Waals surface area (Å²) in [5.74, 6) is -1.46. The third-order valence-electron chi connectivity index (χ3n) is 4.02. The molecule has 0 aliphatic carbocycles. The van der Waals surface area contributed by atoms with Crippen molar-refractivity contribution >= 4 is 23.3 Å². The smallest absolute Gasteiger partial charge is 0.331 e. The number of carbonyl (C=O) groups is 2. The summed E-state index contributed by atoms with van der Waals surface area (Å²) in [6.07, 6.45) is 0.470. The van der Waals surface area contributed by atoms with Gasteiger partial charge in [0.15, 0.2) is 6.04 Å². The highest BCUT2D eigenvalue weighted by molar-refractivity contribution is 6.02. The average Bonchev–Trinajstić information content (AvgIpc) is 2.57. The van der Waals surface area contributed by atoms with E-state index in [1.165, 1.54) is 23.1 Å². The van der Waals surface area contributed by atoms with Crippen molar-refractivity contribution < 1.29 is 19.6 Å². The molecule has 0 saturated heterocycles. The Bertz CT molecular complexity index is 819. The number of carbonyl (C=O) groups excluding carboxylic acids is 1. The number of hydrogen-bond acceptors (Lipinski definition) is 4. The van der Waals surface area contributed by atoms with Crippen LogP contribution in [0.5, 0.6) is 0 Å². The fourth-order valence-electron chi connectivity index (χ4n) is 2.94. The van der Waals surface area contributed by atoms with E-state index >= 15 is 0 Å². The van der Waals surface area contributed by atoms with Crippen LogP contribution in [-0.2, 0) is 16.0 Å². The third kappa shape index (κ3) is 2.71. The number of aryl methyl sites for hydroxylation is 1. The van der Waals surface area contributed by atoms with Gasteiger partial charge >= 0.3 is 5.97 Å². The maximum atomic E-state index is 12.4. The molecule has 0 fully saturated rings. The summed E-state index contributed by atoms with van der Waals surface area (Å²) in [5, 5.41) is 20.6. The Labute approximate surface area is 137 Å². The Morgan fingerprint density at radius 2 is 1.88 bits per heavy atom. The van der Waals surface area contributed by atoms with Gasteiger partial charge in [-0.2, -0.15) is 0 Å². The Hall–Kier alpha value is -3.22. The summed E-state index contributed by atoms with van der Waals surface area (Å²) in [6.45, 7) is 0. The predicted molar refractivity (Wildman–Crippen MR) is 85.7 cm³/mol. The minimum atomic E-state index is -1.17. The highest BCUT2D eigenvalue weighted by atomic mass is 16.6. The second-order valence-corrected chi connectivity index (χ2v) is 5.49. The van der Waals surface area contributed by atoms with Crippen molar-refractivity contribution in [3.8, 4) is 0 Å². The van der Waals surface area contributed by atoms with Crippen LogP contribution >= 0.6 is 0 Å². The normalized spacial score (nSPS) is 14.8. The summed E-state index contributed by atoms with van der Waals surface area (Å²) < 4.78 is 0. The molecule has 1 N–H and O–H groups in total. The van der Waals surface area contributed by atoms with Crippen molar-refractivity contribution in [3.63, 3.8) is 0 Å². The molecule has 0 radical (unpaired) electrons. The fourth-order valence-corrected chi connectivity index (χ4v) is 2.94. The largest absolute Gasteiger partial charge is 0.479 e. The van der Waals surface area contributed by atoms with Gasteiger partial charge in [-0.1, -0.05) is 30.3 Å². The molecule has 2 aromatic rings. The van der Waals surface area contributed by atoms with Crippen LogP contribution in [0.25, 0.3) is 0 Å². The molecule has 7 nitrogen and oxygen atoms in total. The van der Waals surface area contributed by atoms with E-state index < -0.39 is 16.9 Å². The van der Waals surface area contributed by atoms with Crippen LogP contribution in [0.15, 0.2) is 48.5 Å². The lowest BCUT2D eigenvalue weighted by molar-refractivity contribution is -0.384.